The summed E-state index contributed by atoms with van der Waals surface area (Å²) in [4.78, 5) is 0. The van der Waals surface area contributed by atoms with Gasteiger partial charge in [0.15, 0.2) is 0 Å². The van der Waals surface area contributed by atoms with Gasteiger partial charge in [-0.3, -0.25) is 0 Å². The van der Waals surface area contributed by atoms with Crippen LogP contribution in [0.15, 0.2) is 95.4 Å². The van der Waals surface area contributed by atoms with E-state index in [1.807, 2.05) is 60.7 Å². The largest absolute Gasteiger partial charge is 0.488 e. The average Bonchev–Trinajstić information content (AvgIpc) is 3.34. The zero-order valence-electron chi connectivity index (χ0n) is 18.8. The van der Waals surface area contributed by atoms with Crippen molar-refractivity contribution >= 4 is 63.6 Å². The van der Waals surface area contributed by atoms with E-state index in [9.17, 15) is 0 Å². The van der Waals surface area contributed by atoms with Crippen molar-refractivity contribution in [1.82, 2.24) is 14.9 Å². The summed E-state index contributed by atoms with van der Waals surface area (Å²) < 4.78 is 7.83. The highest BCUT2D eigenvalue weighted by Gasteiger charge is 2.11. The van der Waals surface area contributed by atoms with Crippen molar-refractivity contribution in [2.75, 3.05) is 0 Å². The van der Waals surface area contributed by atoms with Gasteiger partial charge in [-0.2, -0.15) is 9.78 Å². The van der Waals surface area contributed by atoms with Crippen LogP contribution in [0.1, 0.15) is 16.7 Å². The summed E-state index contributed by atoms with van der Waals surface area (Å²) in [6.07, 6.45) is 3.34. The first kappa shape index (κ1) is 24.7. The number of rotatable bonds is 8. The molecule has 0 saturated heterocycles. The number of fused-ring (bicyclic) bond motifs is 1. The van der Waals surface area contributed by atoms with Crippen LogP contribution in [-0.4, -0.2) is 21.1 Å². The van der Waals surface area contributed by atoms with Gasteiger partial charge in [0.25, 0.3) is 0 Å². The molecule has 0 amide bonds. The number of hydrogen-bond donors (Lipinski definition) is 0. The molecule has 0 fully saturated rings. The van der Waals surface area contributed by atoms with Gasteiger partial charge in [-0.15, -0.1) is 10.2 Å². The van der Waals surface area contributed by atoms with Crippen LogP contribution < -0.4 is 4.74 Å². The SMILES string of the molecule is Clc1ccc(COc2ccc3ccccc3c2/C=N/n2cnnc2SCc2ccccc2Cl)c(Cl)c1. The van der Waals surface area contributed by atoms with Gasteiger partial charge in [-0.1, -0.05) is 101 Å². The third kappa shape index (κ3) is 5.68. The molecule has 0 bridgehead atoms. The van der Waals surface area contributed by atoms with Crippen molar-refractivity contribution in [2.24, 2.45) is 5.10 Å². The molecule has 5 nitrogen and oxygen atoms in total. The molecule has 4 aromatic carbocycles. The fourth-order valence-corrected chi connectivity index (χ4v) is 5.21. The second-order valence-corrected chi connectivity index (χ2v) is 10.00. The molecule has 0 radical (unpaired) electrons. The molecular formula is C27H19Cl3N4OS. The molecule has 0 aliphatic carbocycles. The summed E-state index contributed by atoms with van der Waals surface area (Å²) in [5, 5.41) is 17.5. The molecule has 0 aliphatic heterocycles. The maximum Gasteiger partial charge on any atom is 0.212 e. The molecule has 0 N–H and O–H groups in total. The maximum absolute atomic E-state index is 6.34. The van der Waals surface area contributed by atoms with E-state index in [2.05, 4.69) is 21.4 Å². The predicted molar refractivity (Wildman–Crippen MR) is 149 cm³/mol. The highest BCUT2D eigenvalue weighted by atomic mass is 35.5. The molecule has 0 saturated carbocycles. The average molecular weight is 554 g/mol. The Morgan fingerprint density at radius 1 is 0.889 bits per heavy atom. The van der Waals surface area contributed by atoms with E-state index in [-0.39, 0.29) is 0 Å². The lowest BCUT2D eigenvalue weighted by Gasteiger charge is -2.13. The fraction of sp³-hybridized carbons (Fsp3) is 0.0741. The van der Waals surface area contributed by atoms with Crippen LogP contribution in [0.25, 0.3) is 10.8 Å². The Kier molecular flexibility index (Phi) is 7.78. The summed E-state index contributed by atoms with van der Waals surface area (Å²) in [6.45, 7) is 0.292. The minimum atomic E-state index is 0.292. The Labute approximate surface area is 227 Å². The Morgan fingerprint density at radius 3 is 2.58 bits per heavy atom. The molecule has 5 rings (SSSR count). The quantitative estimate of drug-likeness (QED) is 0.144. The fourth-order valence-electron chi connectivity index (χ4n) is 3.60. The molecule has 0 atom stereocenters. The van der Waals surface area contributed by atoms with Crippen molar-refractivity contribution < 1.29 is 4.74 Å². The first-order valence-corrected chi connectivity index (χ1v) is 13.1. The van der Waals surface area contributed by atoms with E-state index in [0.717, 1.165) is 32.5 Å². The van der Waals surface area contributed by atoms with Crippen molar-refractivity contribution in [3.05, 3.63) is 117 Å². The van der Waals surface area contributed by atoms with Gasteiger partial charge in [-0.05, 0) is 40.6 Å². The van der Waals surface area contributed by atoms with Gasteiger partial charge in [0.2, 0.25) is 5.16 Å². The lowest BCUT2D eigenvalue weighted by atomic mass is 10.0. The van der Waals surface area contributed by atoms with Gasteiger partial charge >= 0.3 is 0 Å². The van der Waals surface area contributed by atoms with E-state index < -0.39 is 0 Å². The lowest BCUT2D eigenvalue weighted by molar-refractivity contribution is 0.306. The minimum absolute atomic E-state index is 0.292. The topological polar surface area (TPSA) is 52.3 Å². The second kappa shape index (κ2) is 11.4. The molecule has 0 aliphatic rings. The monoisotopic (exact) mass is 552 g/mol. The van der Waals surface area contributed by atoms with Crippen molar-refractivity contribution in [3.63, 3.8) is 0 Å². The number of halogens is 3. The van der Waals surface area contributed by atoms with Gasteiger partial charge < -0.3 is 4.74 Å². The van der Waals surface area contributed by atoms with Crippen LogP contribution in [0.4, 0.5) is 0 Å². The smallest absolute Gasteiger partial charge is 0.212 e. The Balaban J connectivity index is 1.42. The van der Waals surface area contributed by atoms with Gasteiger partial charge in [0.1, 0.15) is 18.7 Å². The molecule has 9 heteroatoms. The zero-order chi connectivity index (χ0) is 24.9. The van der Waals surface area contributed by atoms with Gasteiger partial charge in [0, 0.05) is 31.9 Å². The molecule has 5 aromatic rings. The van der Waals surface area contributed by atoms with E-state index >= 15 is 0 Å². The molecular weight excluding hydrogens is 535 g/mol. The van der Waals surface area contributed by atoms with Crippen LogP contribution in [0.2, 0.25) is 15.1 Å². The highest BCUT2D eigenvalue weighted by molar-refractivity contribution is 7.98. The lowest BCUT2D eigenvalue weighted by Crippen LogP contribution is -2.01. The van der Waals surface area contributed by atoms with E-state index in [1.54, 1.807) is 29.4 Å². The summed E-state index contributed by atoms with van der Waals surface area (Å²) in [5.74, 6) is 1.33. The normalized spacial score (nSPS) is 11.4. The molecule has 180 valence electrons. The van der Waals surface area contributed by atoms with Crippen LogP contribution in [0, 0.1) is 0 Å². The summed E-state index contributed by atoms with van der Waals surface area (Å²) in [6, 6.07) is 25.1. The number of benzene rings is 4. The van der Waals surface area contributed by atoms with Gasteiger partial charge in [-0.25, -0.2) is 0 Å². The zero-order valence-corrected chi connectivity index (χ0v) is 21.9. The first-order valence-electron chi connectivity index (χ1n) is 11.0. The second-order valence-electron chi connectivity index (χ2n) is 7.81. The number of ether oxygens (including phenoxy) is 1. The summed E-state index contributed by atoms with van der Waals surface area (Å²) >= 11 is 20.2. The summed E-state index contributed by atoms with van der Waals surface area (Å²) in [5.41, 5.74) is 2.71. The highest BCUT2D eigenvalue weighted by Crippen LogP contribution is 2.30. The molecule has 0 spiro atoms. The Bertz CT molecular complexity index is 1550. The van der Waals surface area contributed by atoms with Crippen LogP contribution in [0.3, 0.4) is 0 Å². The van der Waals surface area contributed by atoms with Crippen molar-refractivity contribution in [2.45, 2.75) is 17.5 Å². The van der Waals surface area contributed by atoms with E-state index in [4.69, 9.17) is 39.5 Å². The van der Waals surface area contributed by atoms with E-state index in [1.165, 1.54) is 11.8 Å². The van der Waals surface area contributed by atoms with Crippen LogP contribution in [0.5, 0.6) is 5.75 Å². The number of aromatic nitrogens is 3. The Morgan fingerprint density at radius 2 is 1.72 bits per heavy atom. The third-order valence-corrected chi connectivity index (χ3v) is 7.39. The van der Waals surface area contributed by atoms with Gasteiger partial charge in [0.05, 0.1) is 6.21 Å². The predicted octanol–water partition coefficient (Wildman–Crippen LogP) is 8.15. The molecule has 36 heavy (non-hydrogen) atoms. The van der Waals surface area contributed by atoms with Crippen LogP contribution >= 0.6 is 46.6 Å². The molecule has 0 unspecified atom stereocenters. The van der Waals surface area contributed by atoms with Crippen molar-refractivity contribution in [3.8, 4) is 5.75 Å². The van der Waals surface area contributed by atoms with Crippen LogP contribution in [-0.2, 0) is 12.4 Å². The Hall–Kier alpha value is -3.03. The van der Waals surface area contributed by atoms with E-state index in [0.29, 0.717) is 33.3 Å². The molecule has 1 heterocycles. The minimum Gasteiger partial charge on any atom is -0.488 e. The number of thioether (sulfide) groups is 1. The maximum atomic E-state index is 6.34. The number of nitrogens with zero attached hydrogens (tertiary/aromatic N) is 4. The standard InChI is InChI=1S/C27H19Cl3N4OS/c28-21-11-9-19(25(30)13-21)15-35-26-12-10-18-5-1-3-7-22(18)23(26)14-32-34-17-31-33-27(34)36-16-20-6-2-4-8-24(20)29/h1-14,17H,15-16H2/b32-14+. The summed E-state index contributed by atoms with van der Waals surface area (Å²) in [7, 11) is 0. The third-order valence-electron chi connectivity index (χ3n) is 5.46. The van der Waals surface area contributed by atoms with Crippen molar-refractivity contribution in [1.29, 1.82) is 0 Å². The number of hydrogen-bond acceptors (Lipinski definition) is 5. The first-order chi connectivity index (χ1) is 17.6. The molecule has 1 aromatic heterocycles.